The molecule has 0 aromatic carbocycles. The van der Waals surface area contributed by atoms with Gasteiger partial charge in [0.25, 0.3) is 0 Å². The molecule has 0 aliphatic rings. The van der Waals surface area contributed by atoms with Gasteiger partial charge in [-0.25, -0.2) is 0 Å². The van der Waals surface area contributed by atoms with E-state index in [1.54, 1.807) is 6.92 Å². The van der Waals surface area contributed by atoms with Gasteiger partial charge >= 0.3 is 0 Å². The van der Waals surface area contributed by atoms with E-state index in [4.69, 9.17) is 0 Å². The molecule has 0 saturated heterocycles. The highest BCUT2D eigenvalue weighted by atomic mass is 79.9. The molecule has 0 rings (SSSR count). The molecular formula is C8H13BrN2O2. The summed E-state index contributed by atoms with van der Waals surface area (Å²) in [5, 5.41) is 5.06. The van der Waals surface area contributed by atoms with E-state index in [1.807, 2.05) is 0 Å². The Balaban J connectivity index is 3.82. The van der Waals surface area contributed by atoms with Gasteiger partial charge in [0, 0.05) is 18.0 Å². The van der Waals surface area contributed by atoms with Crippen LogP contribution in [0.25, 0.3) is 0 Å². The molecule has 0 heterocycles. The van der Waals surface area contributed by atoms with Crippen LogP contribution in [0.3, 0.4) is 0 Å². The summed E-state index contributed by atoms with van der Waals surface area (Å²) in [6.07, 6.45) is 0. The van der Waals surface area contributed by atoms with Crippen molar-refractivity contribution in [3.8, 4) is 0 Å². The maximum absolute atomic E-state index is 11.2. The first-order chi connectivity index (χ1) is 5.93. The topological polar surface area (TPSA) is 58.2 Å². The first kappa shape index (κ1) is 12.2. The van der Waals surface area contributed by atoms with Gasteiger partial charge in [-0.2, -0.15) is 0 Å². The molecule has 2 N–H and O–H groups in total. The number of rotatable bonds is 4. The second-order valence-corrected chi connectivity index (χ2v) is 3.78. The van der Waals surface area contributed by atoms with E-state index < -0.39 is 6.04 Å². The van der Waals surface area contributed by atoms with Crippen molar-refractivity contribution in [1.82, 2.24) is 10.6 Å². The number of carbonyl (C=O) groups excluding carboxylic acids is 2. The number of amides is 2. The van der Waals surface area contributed by atoms with E-state index in [1.165, 1.54) is 6.92 Å². The minimum Gasteiger partial charge on any atom is -0.350 e. The Morgan fingerprint density at radius 2 is 2.08 bits per heavy atom. The molecular weight excluding hydrogens is 236 g/mol. The van der Waals surface area contributed by atoms with Crippen LogP contribution in [0, 0.1) is 0 Å². The SMILES string of the molecule is C=C(Br)CNC(=O)C(C)NC(C)=O. The van der Waals surface area contributed by atoms with Gasteiger partial charge in [0.2, 0.25) is 11.8 Å². The van der Waals surface area contributed by atoms with Gasteiger partial charge in [-0.3, -0.25) is 9.59 Å². The molecule has 1 atom stereocenters. The Hall–Kier alpha value is -0.840. The molecule has 0 aliphatic carbocycles. The van der Waals surface area contributed by atoms with Crippen molar-refractivity contribution in [2.24, 2.45) is 0 Å². The summed E-state index contributed by atoms with van der Waals surface area (Å²) in [5.74, 6) is -0.448. The van der Waals surface area contributed by atoms with Crippen LogP contribution < -0.4 is 10.6 Å². The lowest BCUT2D eigenvalue weighted by Crippen LogP contribution is -2.44. The molecule has 0 spiro atoms. The smallest absolute Gasteiger partial charge is 0.242 e. The third kappa shape index (κ3) is 6.33. The summed E-state index contributed by atoms with van der Waals surface area (Å²) >= 11 is 3.11. The van der Waals surface area contributed by atoms with E-state index >= 15 is 0 Å². The van der Waals surface area contributed by atoms with Gasteiger partial charge in [-0.15, -0.1) is 0 Å². The third-order valence-corrected chi connectivity index (χ3v) is 1.55. The van der Waals surface area contributed by atoms with Crippen LogP contribution in [0.15, 0.2) is 11.1 Å². The first-order valence-electron chi connectivity index (χ1n) is 3.81. The second kappa shape index (κ2) is 5.75. The summed E-state index contributed by atoms with van der Waals surface area (Å²) in [6.45, 7) is 6.91. The fourth-order valence-corrected chi connectivity index (χ4v) is 0.847. The maximum Gasteiger partial charge on any atom is 0.242 e. The van der Waals surface area contributed by atoms with Crippen LogP contribution in [0.4, 0.5) is 0 Å². The number of hydrogen-bond donors (Lipinski definition) is 2. The monoisotopic (exact) mass is 248 g/mol. The standard InChI is InChI=1S/C8H13BrN2O2/c1-5(9)4-10-8(13)6(2)11-7(3)12/h6H,1,4H2,2-3H3,(H,10,13)(H,11,12). The molecule has 0 aliphatic heterocycles. The largest absolute Gasteiger partial charge is 0.350 e. The zero-order valence-corrected chi connectivity index (χ0v) is 9.27. The average molecular weight is 249 g/mol. The molecule has 0 bridgehead atoms. The molecule has 74 valence electrons. The normalized spacial score (nSPS) is 11.6. The highest BCUT2D eigenvalue weighted by Crippen LogP contribution is 1.96. The van der Waals surface area contributed by atoms with E-state index in [0.717, 1.165) is 0 Å². The van der Waals surface area contributed by atoms with Crippen molar-refractivity contribution in [3.63, 3.8) is 0 Å². The van der Waals surface area contributed by atoms with Gasteiger partial charge in [-0.1, -0.05) is 22.5 Å². The quantitative estimate of drug-likeness (QED) is 0.763. The van der Waals surface area contributed by atoms with Crippen LogP contribution in [0.2, 0.25) is 0 Å². The minimum atomic E-state index is -0.510. The predicted octanol–water partition coefficient (Wildman–Crippen LogP) is 0.536. The Kier molecular flexibility index (Phi) is 5.37. The molecule has 4 nitrogen and oxygen atoms in total. The molecule has 13 heavy (non-hydrogen) atoms. The zero-order valence-electron chi connectivity index (χ0n) is 7.69. The highest BCUT2D eigenvalue weighted by molar-refractivity contribution is 9.11. The first-order valence-corrected chi connectivity index (χ1v) is 4.61. The summed E-state index contributed by atoms with van der Waals surface area (Å²) < 4.78 is 0.691. The Labute approximate surface area is 85.9 Å². The fraction of sp³-hybridized carbons (Fsp3) is 0.500. The Bertz CT molecular complexity index is 228. The van der Waals surface area contributed by atoms with Crippen molar-refractivity contribution >= 4 is 27.7 Å². The van der Waals surface area contributed by atoms with Crippen molar-refractivity contribution < 1.29 is 9.59 Å². The van der Waals surface area contributed by atoms with Gasteiger partial charge < -0.3 is 10.6 Å². The number of carbonyl (C=O) groups is 2. The Morgan fingerprint density at radius 3 is 2.46 bits per heavy atom. The number of halogens is 1. The zero-order chi connectivity index (χ0) is 10.4. The van der Waals surface area contributed by atoms with E-state index in [0.29, 0.717) is 11.0 Å². The van der Waals surface area contributed by atoms with Crippen molar-refractivity contribution in [2.75, 3.05) is 6.54 Å². The summed E-state index contributed by atoms with van der Waals surface area (Å²) in [6, 6.07) is -0.510. The molecule has 0 saturated carbocycles. The van der Waals surface area contributed by atoms with Crippen LogP contribution in [-0.2, 0) is 9.59 Å². The van der Waals surface area contributed by atoms with Crippen LogP contribution >= 0.6 is 15.9 Å². The van der Waals surface area contributed by atoms with E-state index in [-0.39, 0.29) is 11.8 Å². The predicted molar refractivity (Wildman–Crippen MR) is 54.4 cm³/mol. The van der Waals surface area contributed by atoms with Crippen LogP contribution in [0.1, 0.15) is 13.8 Å². The third-order valence-electron chi connectivity index (χ3n) is 1.27. The van der Waals surface area contributed by atoms with Crippen molar-refractivity contribution in [2.45, 2.75) is 19.9 Å². The Morgan fingerprint density at radius 1 is 1.54 bits per heavy atom. The lowest BCUT2D eigenvalue weighted by Gasteiger charge is -2.11. The van der Waals surface area contributed by atoms with Gasteiger partial charge in [0.05, 0.1) is 0 Å². The lowest BCUT2D eigenvalue weighted by molar-refractivity contribution is -0.127. The van der Waals surface area contributed by atoms with Crippen molar-refractivity contribution in [3.05, 3.63) is 11.1 Å². The molecule has 0 aromatic rings. The number of hydrogen-bond acceptors (Lipinski definition) is 2. The molecule has 2 amide bonds. The summed E-state index contributed by atoms with van der Waals surface area (Å²) in [7, 11) is 0. The van der Waals surface area contributed by atoms with Crippen LogP contribution in [0.5, 0.6) is 0 Å². The summed E-state index contributed by atoms with van der Waals surface area (Å²) in [4.78, 5) is 21.8. The van der Waals surface area contributed by atoms with Gasteiger partial charge in [0.15, 0.2) is 0 Å². The molecule has 5 heteroatoms. The molecule has 0 fully saturated rings. The fourth-order valence-electron chi connectivity index (χ4n) is 0.707. The van der Waals surface area contributed by atoms with E-state index in [9.17, 15) is 9.59 Å². The van der Waals surface area contributed by atoms with Crippen molar-refractivity contribution in [1.29, 1.82) is 0 Å². The number of nitrogens with one attached hydrogen (secondary N) is 2. The highest BCUT2D eigenvalue weighted by Gasteiger charge is 2.12. The lowest BCUT2D eigenvalue weighted by atomic mass is 10.3. The molecule has 0 radical (unpaired) electrons. The minimum absolute atomic E-state index is 0.222. The maximum atomic E-state index is 11.2. The van der Waals surface area contributed by atoms with Crippen LogP contribution in [-0.4, -0.2) is 24.4 Å². The molecule has 1 unspecified atom stereocenters. The second-order valence-electron chi connectivity index (χ2n) is 2.66. The summed E-state index contributed by atoms with van der Waals surface area (Å²) in [5.41, 5.74) is 0. The van der Waals surface area contributed by atoms with Gasteiger partial charge in [0.1, 0.15) is 6.04 Å². The van der Waals surface area contributed by atoms with E-state index in [2.05, 4.69) is 33.1 Å². The average Bonchev–Trinajstić information content (AvgIpc) is 1.98. The molecule has 0 aromatic heterocycles. The van der Waals surface area contributed by atoms with Gasteiger partial charge in [-0.05, 0) is 6.92 Å².